The fourth-order valence-electron chi connectivity index (χ4n) is 3.25. The second-order valence-corrected chi connectivity index (χ2v) is 6.34. The number of oxazole rings is 1. The second kappa shape index (κ2) is 5.49. The number of hydrogen-bond donors (Lipinski definition) is 0. The zero-order valence-corrected chi connectivity index (χ0v) is 13.8. The average molecular weight is 329 g/mol. The molecule has 2 aromatic heterocycles. The van der Waals surface area contributed by atoms with Gasteiger partial charge < -0.3 is 9.32 Å². The summed E-state index contributed by atoms with van der Waals surface area (Å²) in [7, 11) is 0. The Kier molecular flexibility index (Phi) is 3.45. The predicted octanol–water partition coefficient (Wildman–Crippen LogP) is 3.88. The first-order valence-corrected chi connectivity index (χ1v) is 8.11. The van der Waals surface area contributed by atoms with Gasteiger partial charge in [-0.15, -0.1) is 0 Å². The minimum Gasteiger partial charge on any atom is -0.422 e. The molecule has 23 heavy (non-hydrogen) atoms. The van der Waals surface area contributed by atoms with E-state index in [2.05, 4.69) is 25.9 Å². The summed E-state index contributed by atoms with van der Waals surface area (Å²) in [5.74, 6) is 2.58. The van der Waals surface area contributed by atoms with Gasteiger partial charge in [-0.1, -0.05) is 29.8 Å². The van der Waals surface area contributed by atoms with E-state index in [0.717, 1.165) is 35.9 Å². The summed E-state index contributed by atoms with van der Waals surface area (Å²) in [5, 5.41) is 0.834. The molecule has 0 aliphatic carbocycles. The Morgan fingerprint density at radius 2 is 2.00 bits per heavy atom. The smallest absolute Gasteiger partial charge is 0.252 e. The van der Waals surface area contributed by atoms with Crippen LogP contribution in [-0.2, 0) is 0 Å². The van der Waals surface area contributed by atoms with Crippen LogP contribution in [0.15, 0.2) is 28.7 Å². The van der Waals surface area contributed by atoms with Gasteiger partial charge in [0.2, 0.25) is 0 Å². The zero-order chi connectivity index (χ0) is 16.0. The summed E-state index contributed by atoms with van der Waals surface area (Å²) in [6.07, 6.45) is 1.05. The number of benzene rings is 1. The molecule has 4 rings (SSSR count). The van der Waals surface area contributed by atoms with Gasteiger partial charge in [-0.05, 0) is 25.0 Å². The lowest BCUT2D eigenvalue weighted by Gasteiger charge is -2.18. The highest BCUT2D eigenvalue weighted by Gasteiger charge is 2.28. The van der Waals surface area contributed by atoms with E-state index in [1.807, 2.05) is 32.0 Å². The van der Waals surface area contributed by atoms with Crippen molar-refractivity contribution >= 4 is 28.6 Å². The van der Waals surface area contributed by atoms with Crippen LogP contribution in [0.5, 0.6) is 0 Å². The minimum absolute atomic E-state index is 0.405. The zero-order valence-electron chi connectivity index (χ0n) is 13.1. The molecule has 1 saturated heterocycles. The Morgan fingerprint density at radius 1 is 1.17 bits per heavy atom. The third kappa shape index (κ3) is 2.55. The Balaban J connectivity index is 1.69. The van der Waals surface area contributed by atoms with Crippen molar-refractivity contribution < 1.29 is 4.42 Å². The summed E-state index contributed by atoms with van der Waals surface area (Å²) in [4.78, 5) is 15.6. The van der Waals surface area contributed by atoms with Crippen LogP contribution in [0.3, 0.4) is 0 Å². The van der Waals surface area contributed by atoms with Crippen LogP contribution in [0.25, 0.3) is 11.2 Å². The molecular formula is C17H17ClN4O. The van der Waals surface area contributed by atoms with Crippen molar-refractivity contribution in [1.29, 1.82) is 0 Å². The maximum atomic E-state index is 6.35. The van der Waals surface area contributed by atoms with Crippen molar-refractivity contribution in [1.82, 2.24) is 15.0 Å². The molecule has 0 radical (unpaired) electrons. The fraction of sp³-hybridized carbons (Fsp3) is 0.353. The molecule has 1 aliphatic rings. The summed E-state index contributed by atoms with van der Waals surface area (Å²) >= 11 is 6.35. The number of nitrogens with zero attached hydrogens (tertiary/aromatic N) is 4. The molecule has 1 aromatic carbocycles. The van der Waals surface area contributed by atoms with Crippen molar-refractivity contribution in [3.8, 4) is 0 Å². The van der Waals surface area contributed by atoms with Crippen molar-refractivity contribution in [2.24, 2.45) is 0 Å². The van der Waals surface area contributed by atoms with Gasteiger partial charge in [0.1, 0.15) is 5.82 Å². The highest BCUT2D eigenvalue weighted by atomic mass is 35.5. The van der Waals surface area contributed by atoms with Crippen LogP contribution in [-0.4, -0.2) is 28.0 Å². The molecule has 0 spiro atoms. The molecule has 1 atom stereocenters. The van der Waals surface area contributed by atoms with Crippen molar-refractivity contribution in [3.63, 3.8) is 0 Å². The minimum atomic E-state index is 0.405. The van der Waals surface area contributed by atoms with E-state index < -0.39 is 0 Å². The third-order valence-corrected chi connectivity index (χ3v) is 4.64. The Bertz CT molecular complexity index is 876. The van der Waals surface area contributed by atoms with Gasteiger partial charge in [-0.2, -0.15) is 4.98 Å². The van der Waals surface area contributed by atoms with Crippen LogP contribution >= 0.6 is 11.6 Å². The highest BCUT2D eigenvalue weighted by Crippen LogP contribution is 2.35. The monoisotopic (exact) mass is 328 g/mol. The lowest BCUT2D eigenvalue weighted by Crippen LogP contribution is -2.21. The van der Waals surface area contributed by atoms with E-state index in [4.69, 9.17) is 16.0 Å². The molecule has 3 heterocycles. The molecule has 5 nitrogen and oxygen atoms in total. The van der Waals surface area contributed by atoms with E-state index >= 15 is 0 Å². The molecule has 0 unspecified atom stereocenters. The predicted molar refractivity (Wildman–Crippen MR) is 90.1 cm³/mol. The first-order chi connectivity index (χ1) is 11.1. The van der Waals surface area contributed by atoms with Gasteiger partial charge >= 0.3 is 0 Å². The number of anilines is 1. The number of hydrogen-bond acceptors (Lipinski definition) is 5. The number of fused-ring (bicyclic) bond motifs is 1. The standard InChI is InChI=1S/C17H17ClN4O/c1-10-19-16(15-17(20-10)23-11(2)21-15)22-8-7-12(9-22)13-5-3-4-6-14(13)18/h3-6,12H,7-9H2,1-2H3/t12-/m0/s1. The lowest BCUT2D eigenvalue weighted by molar-refractivity contribution is 0.550. The van der Waals surface area contributed by atoms with Crippen LogP contribution in [0.1, 0.15) is 29.6 Å². The van der Waals surface area contributed by atoms with Crippen molar-refractivity contribution in [3.05, 3.63) is 46.6 Å². The summed E-state index contributed by atoms with van der Waals surface area (Å²) in [6.45, 7) is 5.51. The highest BCUT2D eigenvalue weighted by molar-refractivity contribution is 6.31. The molecule has 0 saturated carbocycles. The Labute approximate surface area is 139 Å². The van der Waals surface area contributed by atoms with Crippen LogP contribution in [0.4, 0.5) is 5.82 Å². The van der Waals surface area contributed by atoms with Gasteiger partial charge in [0.05, 0.1) is 0 Å². The Morgan fingerprint density at radius 3 is 2.83 bits per heavy atom. The number of aryl methyl sites for hydroxylation is 2. The molecule has 6 heteroatoms. The van der Waals surface area contributed by atoms with Gasteiger partial charge in [0.25, 0.3) is 5.71 Å². The van der Waals surface area contributed by atoms with Gasteiger partial charge in [0, 0.05) is 31.0 Å². The third-order valence-electron chi connectivity index (χ3n) is 4.29. The van der Waals surface area contributed by atoms with Crippen molar-refractivity contribution in [2.45, 2.75) is 26.2 Å². The van der Waals surface area contributed by atoms with Crippen LogP contribution in [0.2, 0.25) is 5.02 Å². The van der Waals surface area contributed by atoms with Crippen LogP contribution < -0.4 is 4.90 Å². The molecule has 3 aromatic rings. The number of aromatic nitrogens is 3. The van der Waals surface area contributed by atoms with E-state index in [1.54, 1.807) is 0 Å². The summed E-state index contributed by atoms with van der Waals surface area (Å²) < 4.78 is 5.57. The number of rotatable bonds is 2. The first-order valence-electron chi connectivity index (χ1n) is 7.73. The molecule has 118 valence electrons. The molecule has 0 N–H and O–H groups in total. The molecule has 1 fully saturated rings. The van der Waals surface area contributed by atoms with Crippen LogP contribution in [0, 0.1) is 13.8 Å². The first kappa shape index (κ1) is 14.5. The molecule has 1 aliphatic heterocycles. The largest absolute Gasteiger partial charge is 0.422 e. The Hall–Kier alpha value is -2.14. The van der Waals surface area contributed by atoms with E-state index in [9.17, 15) is 0 Å². The lowest BCUT2D eigenvalue weighted by atomic mass is 9.98. The van der Waals surface area contributed by atoms with E-state index in [0.29, 0.717) is 23.3 Å². The summed E-state index contributed by atoms with van der Waals surface area (Å²) in [5.41, 5.74) is 2.51. The molecule has 0 bridgehead atoms. The van der Waals surface area contributed by atoms with Gasteiger partial charge in [0.15, 0.2) is 17.2 Å². The SMILES string of the molecule is Cc1nc(N2CC[C@H](c3ccccc3Cl)C2)c2nc(C)oc2n1. The van der Waals surface area contributed by atoms with Gasteiger partial charge in [-0.25, -0.2) is 9.97 Å². The summed E-state index contributed by atoms with van der Waals surface area (Å²) in [6, 6.07) is 8.07. The number of halogens is 1. The topological polar surface area (TPSA) is 55.1 Å². The average Bonchev–Trinajstić information content (AvgIpc) is 3.12. The van der Waals surface area contributed by atoms with Gasteiger partial charge in [-0.3, -0.25) is 0 Å². The quantitative estimate of drug-likeness (QED) is 0.714. The molecular weight excluding hydrogens is 312 g/mol. The molecule has 0 amide bonds. The van der Waals surface area contributed by atoms with Crippen molar-refractivity contribution in [2.75, 3.05) is 18.0 Å². The maximum Gasteiger partial charge on any atom is 0.252 e. The van der Waals surface area contributed by atoms with E-state index in [1.165, 1.54) is 5.56 Å². The second-order valence-electron chi connectivity index (χ2n) is 5.93. The fourth-order valence-corrected chi connectivity index (χ4v) is 3.54. The van der Waals surface area contributed by atoms with E-state index in [-0.39, 0.29) is 0 Å². The normalized spacial score (nSPS) is 18.0. The maximum absolute atomic E-state index is 6.35.